The lowest BCUT2D eigenvalue weighted by Crippen LogP contribution is -2.26. The van der Waals surface area contributed by atoms with Crippen LogP contribution in [0.3, 0.4) is 0 Å². The van der Waals surface area contributed by atoms with Gasteiger partial charge in [0.2, 0.25) is 0 Å². The minimum absolute atomic E-state index is 0.0188. The van der Waals surface area contributed by atoms with E-state index in [4.69, 9.17) is 16.7 Å². The zero-order chi connectivity index (χ0) is 13.9. The largest absolute Gasteiger partial charge is 0.396 e. The smallest absolute Gasteiger partial charge is 0.259 e. The Bertz CT molecular complexity index is 650. The third-order valence-electron chi connectivity index (χ3n) is 2.56. The lowest BCUT2D eigenvalue weighted by atomic mass is 10.2. The summed E-state index contributed by atoms with van der Waals surface area (Å²) in [6.45, 7) is 0.437. The molecule has 0 unspecified atom stereocenters. The van der Waals surface area contributed by atoms with Gasteiger partial charge in [0.15, 0.2) is 15.1 Å². The molecule has 0 bridgehead atoms. The van der Waals surface area contributed by atoms with E-state index in [1.807, 2.05) is 0 Å². The van der Waals surface area contributed by atoms with Gasteiger partial charge in [-0.1, -0.05) is 11.6 Å². The highest BCUT2D eigenvalue weighted by Crippen LogP contribution is 2.25. The standard InChI is InChI=1S/C10H14ClN3O3S2/c11-8-9(14-5-7-18-10(14)13-8)19(16,17)12-4-2-1-3-6-15/h5,7,12,15H,1-4,6H2. The molecule has 0 aliphatic rings. The van der Waals surface area contributed by atoms with Crippen LogP contribution in [0, 0.1) is 0 Å². The fraction of sp³-hybridized carbons (Fsp3) is 0.500. The molecule has 106 valence electrons. The Morgan fingerprint density at radius 2 is 2.21 bits per heavy atom. The van der Waals surface area contributed by atoms with Gasteiger partial charge < -0.3 is 5.11 Å². The molecular formula is C10H14ClN3O3S2. The van der Waals surface area contributed by atoms with Crippen LogP contribution in [0.1, 0.15) is 19.3 Å². The zero-order valence-corrected chi connectivity index (χ0v) is 12.4. The number of aliphatic hydroxyl groups is 1. The van der Waals surface area contributed by atoms with Gasteiger partial charge in [0.1, 0.15) is 0 Å². The summed E-state index contributed by atoms with van der Waals surface area (Å²) in [5, 5.41) is 10.3. The molecule has 6 nitrogen and oxygen atoms in total. The van der Waals surface area contributed by atoms with E-state index < -0.39 is 10.0 Å². The summed E-state index contributed by atoms with van der Waals surface area (Å²) in [6.07, 6.45) is 3.74. The number of hydrogen-bond donors (Lipinski definition) is 2. The Kier molecular flexibility index (Phi) is 4.80. The molecule has 0 radical (unpaired) electrons. The molecule has 0 aliphatic carbocycles. The number of rotatable bonds is 7. The van der Waals surface area contributed by atoms with Gasteiger partial charge in [-0.05, 0) is 19.3 Å². The van der Waals surface area contributed by atoms with Gasteiger partial charge in [-0.2, -0.15) is 0 Å². The summed E-state index contributed by atoms with van der Waals surface area (Å²) < 4.78 is 28.3. The number of halogens is 1. The Hall–Kier alpha value is -0.670. The van der Waals surface area contributed by atoms with Crippen molar-refractivity contribution in [3.05, 3.63) is 16.7 Å². The van der Waals surface area contributed by atoms with E-state index in [0.717, 1.165) is 6.42 Å². The highest BCUT2D eigenvalue weighted by Gasteiger charge is 2.24. The van der Waals surface area contributed by atoms with Crippen LogP contribution in [0.15, 0.2) is 16.6 Å². The average Bonchev–Trinajstić information content (AvgIpc) is 2.87. The van der Waals surface area contributed by atoms with E-state index >= 15 is 0 Å². The number of fused-ring (bicyclic) bond motifs is 1. The molecule has 2 N–H and O–H groups in total. The molecule has 2 aromatic rings. The van der Waals surface area contributed by atoms with Crippen LogP contribution < -0.4 is 4.72 Å². The van der Waals surface area contributed by atoms with E-state index in [1.54, 1.807) is 11.6 Å². The molecule has 0 saturated heterocycles. The maximum absolute atomic E-state index is 12.2. The van der Waals surface area contributed by atoms with E-state index in [1.165, 1.54) is 15.7 Å². The van der Waals surface area contributed by atoms with Crippen molar-refractivity contribution in [3.63, 3.8) is 0 Å². The molecular weight excluding hydrogens is 310 g/mol. The maximum Gasteiger partial charge on any atom is 0.259 e. The fourth-order valence-electron chi connectivity index (χ4n) is 1.67. The van der Waals surface area contributed by atoms with E-state index in [2.05, 4.69) is 9.71 Å². The second-order valence-electron chi connectivity index (χ2n) is 3.95. The number of nitrogens with one attached hydrogen (secondary N) is 1. The monoisotopic (exact) mass is 323 g/mol. The molecule has 19 heavy (non-hydrogen) atoms. The molecule has 0 amide bonds. The molecule has 0 aromatic carbocycles. The van der Waals surface area contributed by atoms with Gasteiger partial charge in [-0.25, -0.2) is 18.1 Å². The summed E-state index contributed by atoms with van der Waals surface area (Å²) in [4.78, 5) is 4.54. The van der Waals surface area contributed by atoms with Crippen LogP contribution in [-0.4, -0.2) is 36.1 Å². The van der Waals surface area contributed by atoms with Gasteiger partial charge in [-0.3, -0.25) is 4.40 Å². The van der Waals surface area contributed by atoms with Gasteiger partial charge in [0, 0.05) is 24.7 Å². The zero-order valence-electron chi connectivity index (χ0n) is 10.0. The van der Waals surface area contributed by atoms with Gasteiger partial charge in [-0.15, -0.1) is 11.3 Å². The fourth-order valence-corrected chi connectivity index (χ4v) is 4.19. The van der Waals surface area contributed by atoms with Crippen molar-refractivity contribution in [1.29, 1.82) is 0 Å². The van der Waals surface area contributed by atoms with Crippen molar-refractivity contribution in [1.82, 2.24) is 14.1 Å². The molecule has 2 aromatic heterocycles. The van der Waals surface area contributed by atoms with Crippen molar-refractivity contribution < 1.29 is 13.5 Å². The van der Waals surface area contributed by atoms with Gasteiger partial charge in [0.25, 0.3) is 10.0 Å². The maximum atomic E-state index is 12.2. The third kappa shape index (κ3) is 3.26. The quantitative estimate of drug-likeness (QED) is 0.756. The number of aliphatic hydroxyl groups excluding tert-OH is 1. The van der Waals surface area contributed by atoms with Crippen molar-refractivity contribution in [3.8, 4) is 0 Å². The summed E-state index contributed by atoms with van der Waals surface area (Å²) in [5.41, 5.74) is 0. The third-order valence-corrected chi connectivity index (χ3v) is 5.18. The van der Waals surface area contributed by atoms with E-state index in [9.17, 15) is 8.42 Å². The van der Waals surface area contributed by atoms with E-state index in [-0.39, 0.29) is 16.8 Å². The molecule has 0 spiro atoms. The minimum Gasteiger partial charge on any atom is -0.396 e. The number of imidazole rings is 1. The lowest BCUT2D eigenvalue weighted by molar-refractivity contribution is 0.283. The second kappa shape index (κ2) is 6.19. The molecule has 2 rings (SSSR count). The first-order valence-corrected chi connectivity index (χ1v) is 8.52. The first-order valence-electron chi connectivity index (χ1n) is 5.78. The predicted molar refractivity (Wildman–Crippen MR) is 74.2 cm³/mol. The van der Waals surface area contributed by atoms with Crippen molar-refractivity contribution in [2.24, 2.45) is 0 Å². The van der Waals surface area contributed by atoms with Gasteiger partial charge in [0.05, 0.1) is 0 Å². The molecule has 2 heterocycles. The Morgan fingerprint density at radius 3 is 2.95 bits per heavy atom. The Morgan fingerprint density at radius 1 is 1.42 bits per heavy atom. The summed E-state index contributed by atoms with van der Waals surface area (Å²) >= 11 is 7.20. The SMILES string of the molecule is O=S(=O)(NCCCCCO)c1c(Cl)nc2sccn12. The first-order chi connectivity index (χ1) is 9.06. The Labute approximate surface area is 120 Å². The molecule has 0 atom stereocenters. The second-order valence-corrected chi connectivity index (χ2v) is 6.86. The van der Waals surface area contributed by atoms with Crippen molar-refractivity contribution in [2.45, 2.75) is 24.3 Å². The molecule has 0 saturated carbocycles. The van der Waals surface area contributed by atoms with Crippen LogP contribution in [0.25, 0.3) is 4.96 Å². The van der Waals surface area contributed by atoms with Crippen LogP contribution in [-0.2, 0) is 10.0 Å². The lowest BCUT2D eigenvalue weighted by Gasteiger charge is -2.05. The van der Waals surface area contributed by atoms with Crippen LogP contribution >= 0.6 is 22.9 Å². The van der Waals surface area contributed by atoms with Crippen LogP contribution in [0.4, 0.5) is 0 Å². The number of aromatic nitrogens is 2. The Balaban J connectivity index is 2.11. The molecule has 9 heteroatoms. The molecule has 0 fully saturated rings. The number of unbranched alkanes of at least 4 members (excludes halogenated alkanes) is 2. The van der Waals surface area contributed by atoms with Crippen LogP contribution in [0.2, 0.25) is 5.15 Å². The van der Waals surface area contributed by atoms with Crippen LogP contribution in [0.5, 0.6) is 0 Å². The number of hydrogen-bond acceptors (Lipinski definition) is 5. The van der Waals surface area contributed by atoms with Crippen molar-refractivity contribution >= 4 is 37.9 Å². The van der Waals surface area contributed by atoms with E-state index in [0.29, 0.717) is 24.3 Å². The summed E-state index contributed by atoms with van der Waals surface area (Å²) in [5.74, 6) is 0. The summed E-state index contributed by atoms with van der Waals surface area (Å²) in [6, 6.07) is 0. The van der Waals surface area contributed by atoms with Gasteiger partial charge >= 0.3 is 0 Å². The highest BCUT2D eigenvalue weighted by molar-refractivity contribution is 7.89. The minimum atomic E-state index is -3.67. The highest BCUT2D eigenvalue weighted by atomic mass is 35.5. The topological polar surface area (TPSA) is 83.7 Å². The normalized spacial score (nSPS) is 12.3. The van der Waals surface area contributed by atoms with Crippen molar-refractivity contribution in [2.75, 3.05) is 13.2 Å². The predicted octanol–water partition coefficient (Wildman–Crippen LogP) is 1.49. The number of thiazole rings is 1. The average molecular weight is 324 g/mol. The molecule has 0 aliphatic heterocycles. The first kappa shape index (κ1) is 14.7. The number of nitrogens with zero attached hydrogens (tertiary/aromatic N) is 2. The summed E-state index contributed by atoms with van der Waals surface area (Å²) in [7, 11) is -3.67. The number of sulfonamides is 1.